The first kappa shape index (κ1) is 29.8. The number of H-pyrrole nitrogens is 2. The second kappa shape index (κ2) is 11.0. The molecule has 10 nitrogen and oxygen atoms in total. The van der Waals surface area contributed by atoms with Crippen LogP contribution in [-0.4, -0.2) is 59.6 Å². The highest BCUT2D eigenvalue weighted by Crippen LogP contribution is 2.51. The molecule has 0 spiro atoms. The normalized spacial score (nSPS) is 26.4. The average Bonchev–Trinajstić information content (AvgIpc) is 3.87. The number of amides is 2. The zero-order valence-corrected chi connectivity index (χ0v) is 27.5. The van der Waals surface area contributed by atoms with Crippen LogP contribution in [0.4, 0.5) is 9.59 Å². The Kier molecular flexibility index (Phi) is 6.97. The third-order valence-electron chi connectivity index (χ3n) is 10.4. The number of piperidine rings is 2. The van der Waals surface area contributed by atoms with Gasteiger partial charge in [0.05, 0.1) is 40.8 Å². The van der Waals surface area contributed by atoms with Crippen molar-refractivity contribution in [2.75, 3.05) is 0 Å². The van der Waals surface area contributed by atoms with Crippen molar-refractivity contribution < 1.29 is 19.1 Å². The van der Waals surface area contributed by atoms with E-state index >= 15 is 0 Å². The zero-order valence-electron chi connectivity index (χ0n) is 27.5. The van der Waals surface area contributed by atoms with Crippen molar-refractivity contribution in [3.8, 4) is 22.4 Å². The SMILES string of the molecule is C=C(C)OC(=O)N1[C@@H]2CC[C@@H](C2)[C@H]1c1ncc(-c2ccc(-c3ccc4nc([C@@H]5[C@H]6CC[C@H](C6)N5C(=O)OC(C)(C)C)[nH]c4c3)cc2)[nH]1. The number of nitrogens with zero attached hydrogens (tertiary/aromatic N) is 4. The Morgan fingerprint density at radius 1 is 0.830 bits per heavy atom. The molecule has 4 aromatic rings. The van der Waals surface area contributed by atoms with Gasteiger partial charge < -0.3 is 19.4 Å². The summed E-state index contributed by atoms with van der Waals surface area (Å²) in [5.41, 5.74) is 5.40. The maximum atomic E-state index is 13.2. The summed E-state index contributed by atoms with van der Waals surface area (Å²) in [6.07, 6.45) is 7.44. The van der Waals surface area contributed by atoms with Crippen molar-refractivity contribution >= 4 is 23.2 Å². The molecule has 10 heteroatoms. The molecule has 2 saturated carbocycles. The number of fused-ring (bicyclic) bond motifs is 5. The van der Waals surface area contributed by atoms with E-state index in [1.54, 1.807) is 6.92 Å². The molecule has 4 bridgehead atoms. The van der Waals surface area contributed by atoms with E-state index in [1.807, 2.05) is 42.8 Å². The lowest BCUT2D eigenvalue weighted by Gasteiger charge is -2.35. The quantitative estimate of drug-likeness (QED) is 0.214. The molecule has 47 heavy (non-hydrogen) atoms. The van der Waals surface area contributed by atoms with E-state index in [0.29, 0.717) is 17.6 Å². The van der Waals surface area contributed by atoms with Gasteiger partial charge in [0.1, 0.15) is 17.2 Å². The number of aromatic nitrogens is 4. The predicted molar refractivity (Wildman–Crippen MR) is 178 cm³/mol. The number of allylic oxidation sites excluding steroid dienone is 1. The summed E-state index contributed by atoms with van der Waals surface area (Å²) >= 11 is 0. The smallest absolute Gasteiger partial charge is 0.415 e. The summed E-state index contributed by atoms with van der Waals surface area (Å²) in [7, 11) is 0. The van der Waals surface area contributed by atoms with Gasteiger partial charge in [0.2, 0.25) is 0 Å². The predicted octanol–water partition coefficient (Wildman–Crippen LogP) is 8.28. The third-order valence-corrected chi connectivity index (χ3v) is 10.4. The molecule has 2 aliphatic heterocycles. The molecule has 2 saturated heterocycles. The van der Waals surface area contributed by atoms with Gasteiger partial charge in [0.25, 0.3) is 0 Å². The van der Waals surface area contributed by atoms with Crippen LogP contribution in [0.3, 0.4) is 0 Å². The van der Waals surface area contributed by atoms with Gasteiger partial charge >= 0.3 is 12.2 Å². The monoisotopic (exact) mass is 634 g/mol. The first-order valence-electron chi connectivity index (χ1n) is 16.8. The number of carbonyl (C=O) groups is 2. The Bertz CT molecular complexity index is 1870. The minimum absolute atomic E-state index is 0.0960. The Morgan fingerprint density at radius 3 is 2.11 bits per heavy atom. The molecule has 4 fully saturated rings. The molecule has 0 unspecified atom stereocenters. The molecule has 2 N–H and O–H groups in total. The number of rotatable bonds is 5. The Balaban J connectivity index is 1.01. The Labute approximate surface area is 274 Å². The summed E-state index contributed by atoms with van der Waals surface area (Å²) in [5, 5.41) is 0. The number of nitrogens with one attached hydrogen (secondary N) is 2. The Morgan fingerprint density at radius 2 is 1.45 bits per heavy atom. The van der Waals surface area contributed by atoms with E-state index in [1.165, 1.54) is 0 Å². The molecule has 4 aliphatic rings. The van der Waals surface area contributed by atoms with Gasteiger partial charge in [0.15, 0.2) is 0 Å². The van der Waals surface area contributed by atoms with Gasteiger partial charge in [-0.3, -0.25) is 9.80 Å². The number of imidazole rings is 2. The maximum absolute atomic E-state index is 13.2. The lowest BCUT2D eigenvalue weighted by molar-refractivity contribution is 0.00622. The largest absolute Gasteiger partial charge is 0.444 e. The van der Waals surface area contributed by atoms with E-state index < -0.39 is 5.60 Å². The molecule has 244 valence electrons. The van der Waals surface area contributed by atoms with E-state index in [0.717, 1.165) is 83.6 Å². The first-order valence-corrected chi connectivity index (χ1v) is 16.8. The summed E-state index contributed by atoms with van der Waals surface area (Å²) in [6.45, 7) is 11.2. The van der Waals surface area contributed by atoms with Gasteiger partial charge in [-0.1, -0.05) is 36.9 Å². The Hall–Kier alpha value is -4.60. The number of hydrogen-bond donors (Lipinski definition) is 2. The second-order valence-corrected chi connectivity index (χ2v) is 14.8. The lowest BCUT2D eigenvalue weighted by Crippen LogP contribution is -2.43. The van der Waals surface area contributed by atoms with Crippen molar-refractivity contribution in [3.63, 3.8) is 0 Å². The van der Waals surface area contributed by atoms with Crippen LogP contribution in [0, 0.1) is 11.8 Å². The highest BCUT2D eigenvalue weighted by atomic mass is 16.6. The van der Waals surface area contributed by atoms with E-state index in [-0.39, 0.29) is 36.4 Å². The number of aromatic amines is 2. The van der Waals surface area contributed by atoms with Crippen LogP contribution >= 0.6 is 0 Å². The van der Waals surface area contributed by atoms with Crippen molar-refractivity contribution in [1.29, 1.82) is 0 Å². The van der Waals surface area contributed by atoms with Crippen molar-refractivity contribution in [3.05, 3.63) is 72.6 Å². The van der Waals surface area contributed by atoms with E-state index in [4.69, 9.17) is 19.4 Å². The standard InChI is InChI=1S/C37H42N6O4/c1-20(2)46-35(44)42-26-13-10-24(16-26)31(42)33-38-19-30(41-33)22-8-6-21(7-9-22)23-12-15-28-29(18-23)40-34(39-28)32-25-11-14-27(17-25)43(32)36(45)47-37(3,4)5/h6-9,12,15,18-19,24-27,31-32H,1,10-11,13-14,16-17H2,2-5H3,(H,38,41)(H,39,40)/t24-,25-,26+,27+,31-,32-/m0/s1. The molecule has 2 aromatic heterocycles. The van der Waals surface area contributed by atoms with Crippen molar-refractivity contribution in [1.82, 2.24) is 29.7 Å². The van der Waals surface area contributed by atoms with Gasteiger partial charge in [-0.15, -0.1) is 0 Å². The fourth-order valence-corrected chi connectivity index (χ4v) is 8.55. The number of ether oxygens (including phenoxy) is 2. The second-order valence-electron chi connectivity index (χ2n) is 14.8. The lowest BCUT2D eigenvalue weighted by atomic mass is 9.98. The molecule has 4 heterocycles. The summed E-state index contributed by atoms with van der Waals surface area (Å²) in [6, 6.07) is 14.9. The molecule has 2 aliphatic carbocycles. The fourth-order valence-electron chi connectivity index (χ4n) is 8.55. The molecule has 2 aromatic carbocycles. The van der Waals surface area contributed by atoms with Gasteiger partial charge in [-0.25, -0.2) is 19.6 Å². The number of carbonyl (C=O) groups excluding carboxylic acids is 2. The van der Waals surface area contributed by atoms with Crippen molar-refractivity contribution in [2.24, 2.45) is 11.8 Å². The van der Waals surface area contributed by atoms with Crippen LogP contribution in [0.5, 0.6) is 0 Å². The molecular formula is C37H42N6O4. The first-order chi connectivity index (χ1) is 22.5. The molecule has 6 atom stereocenters. The van der Waals surface area contributed by atoms with Crippen LogP contribution in [0.2, 0.25) is 0 Å². The summed E-state index contributed by atoms with van der Waals surface area (Å²) in [5.74, 6) is 2.80. The van der Waals surface area contributed by atoms with Crippen LogP contribution in [-0.2, 0) is 9.47 Å². The molecular weight excluding hydrogens is 592 g/mol. The van der Waals surface area contributed by atoms with Gasteiger partial charge in [0, 0.05) is 12.1 Å². The summed E-state index contributed by atoms with van der Waals surface area (Å²) in [4.78, 5) is 46.7. The minimum Gasteiger partial charge on any atom is -0.444 e. The zero-order chi connectivity index (χ0) is 32.6. The van der Waals surface area contributed by atoms with Crippen LogP contribution in [0.15, 0.2) is 61.0 Å². The van der Waals surface area contributed by atoms with Gasteiger partial charge in [-0.2, -0.15) is 0 Å². The van der Waals surface area contributed by atoms with Gasteiger partial charge in [-0.05, 0) is 107 Å². The number of likely N-dealkylation sites (tertiary alicyclic amines) is 2. The third kappa shape index (κ3) is 5.27. The van der Waals surface area contributed by atoms with Crippen LogP contribution in [0.1, 0.15) is 90.0 Å². The molecule has 0 radical (unpaired) electrons. The average molecular weight is 635 g/mol. The summed E-state index contributed by atoms with van der Waals surface area (Å²) < 4.78 is 11.2. The molecule has 8 rings (SSSR count). The minimum atomic E-state index is -0.543. The van der Waals surface area contributed by atoms with Crippen molar-refractivity contribution in [2.45, 2.75) is 96.0 Å². The van der Waals surface area contributed by atoms with E-state index in [2.05, 4.69) is 52.9 Å². The number of hydrogen-bond acceptors (Lipinski definition) is 6. The topological polar surface area (TPSA) is 116 Å². The fraction of sp³-hybridized carbons (Fsp3) is 0.459. The van der Waals surface area contributed by atoms with E-state index in [9.17, 15) is 9.59 Å². The highest BCUT2D eigenvalue weighted by Gasteiger charge is 2.52. The maximum Gasteiger partial charge on any atom is 0.415 e. The number of benzene rings is 2. The van der Waals surface area contributed by atoms with Crippen LogP contribution in [0.25, 0.3) is 33.4 Å². The molecule has 2 amide bonds. The van der Waals surface area contributed by atoms with Crippen LogP contribution < -0.4 is 0 Å². The highest BCUT2D eigenvalue weighted by molar-refractivity contribution is 5.83.